The summed E-state index contributed by atoms with van der Waals surface area (Å²) < 4.78 is 6.13. The van der Waals surface area contributed by atoms with Crippen LogP contribution in [0.15, 0.2) is 27.1 Å². The predicted molar refractivity (Wildman–Crippen MR) is 66.1 cm³/mol. The molecule has 78 valence electrons. The summed E-state index contributed by atoms with van der Waals surface area (Å²) in [7, 11) is 0. The first-order chi connectivity index (χ1) is 7.24. The van der Waals surface area contributed by atoms with Crippen molar-refractivity contribution in [1.29, 1.82) is 0 Å². The number of hydrogen-bond acceptors (Lipinski definition) is 5. The third kappa shape index (κ3) is 3.25. The van der Waals surface area contributed by atoms with Gasteiger partial charge in [0, 0.05) is 16.4 Å². The Kier molecular flexibility index (Phi) is 3.71. The molecule has 0 aromatic carbocycles. The molecule has 2 aromatic heterocycles. The lowest BCUT2D eigenvalue weighted by atomic mass is 10.4. The van der Waals surface area contributed by atoms with Crippen molar-refractivity contribution < 1.29 is 0 Å². The second-order valence-electron chi connectivity index (χ2n) is 2.86. The molecule has 0 N–H and O–H groups in total. The molecule has 2 rings (SSSR count). The Morgan fingerprint density at radius 1 is 1.47 bits per heavy atom. The van der Waals surface area contributed by atoms with E-state index in [0.29, 0.717) is 0 Å². The molecular formula is C9H8BrN3S2. The van der Waals surface area contributed by atoms with Gasteiger partial charge in [-0.05, 0) is 46.5 Å². The number of aryl methyl sites for hydroxylation is 1. The molecule has 0 fully saturated rings. The van der Waals surface area contributed by atoms with Gasteiger partial charge in [-0.2, -0.15) is 4.37 Å². The molecule has 2 heterocycles. The predicted octanol–water partition coefficient (Wildman–Crippen LogP) is 3.30. The largest absolute Gasteiger partial charge is 0.259 e. The Labute approximate surface area is 105 Å². The molecule has 0 aliphatic rings. The SMILES string of the molecule is Cc1nsc(SCc2ccc(Br)cn2)n1. The van der Waals surface area contributed by atoms with Gasteiger partial charge in [0.1, 0.15) is 5.82 Å². The van der Waals surface area contributed by atoms with Crippen molar-refractivity contribution in [2.45, 2.75) is 17.0 Å². The monoisotopic (exact) mass is 301 g/mol. The van der Waals surface area contributed by atoms with E-state index in [1.807, 2.05) is 19.1 Å². The molecule has 0 aliphatic heterocycles. The molecule has 0 atom stereocenters. The number of rotatable bonds is 3. The van der Waals surface area contributed by atoms with Crippen LogP contribution >= 0.6 is 39.2 Å². The molecule has 0 saturated carbocycles. The second-order valence-corrected chi connectivity index (χ2v) is 5.75. The van der Waals surface area contributed by atoms with Crippen molar-refractivity contribution in [3.63, 3.8) is 0 Å². The number of pyridine rings is 1. The molecule has 0 unspecified atom stereocenters. The lowest BCUT2D eigenvalue weighted by molar-refractivity contribution is 1.10. The van der Waals surface area contributed by atoms with Gasteiger partial charge in [0.25, 0.3) is 0 Å². The highest BCUT2D eigenvalue weighted by Crippen LogP contribution is 2.23. The average Bonchev–Trinajstić information content (AvgIpc) is 2.64. The topological polar surface area (TPSA) is 38.7 Å². The zero-order chi connectivity index (χ0) is 10.7. The molecule has 0 spiro atoms. The van der Waals surface area contributed by atoms with E-state index in [4.69, 9.17) is 0 Å². The molecule has 0 bridgehead atoms. The van der Waals surface area contributed by atoms with Crippen LogP contribution in [0, 0.1) is 6.92 Å². The molecule has 0 aliphatic carbocycles. The van der Waals surface area contributed by atoms with E-state index < -0.39 is 0 Å². The molecule has 15 heavy (non-hydrogen) atoms. The summed E-state index contributed by atoms with van der Waals surface area (Å²) in [6.07, 6.45) is 1.81. The highest BCUT2D eigenvalue weighted by Gasteiger charge is 2.02. The summed E-state index contributed by atoms with van der Waals surface area (Å²) in [6.45, 7) is 1.90. The van der Waals surface area contributed by atoms with Crippen molar-refractivity contribution in [2.24, 2.45) is 0 Å². The number of halogens is 1. The molecular weight excluding hydrogens is 294 g/mol. The summed E-state index contributed by atoms with van der Waals surface area (Å²) in [5.41, 5.74) is 1.05. The molecule has 6 heteroatoms. The fraction of sp³-hybridized carbons (Fsp3) is 0.222. The fourth-order valence-corrected chi connectivity index (χ4v) is 2.76. The molecule has 0 radical (unpaired) electrons. The van der Waals surface area contributed by atoms with Crippen LogP contribution in [0.5, 0.6) is 0 Å². The van der Waals surface area contributed by atoms with Crippen LogP contribution in [-0.2, 0) is 5.75 Å². The van der Waals surface area contributed by atoms with Crippen LogP contribution in [0.3, 0.4) is 0 Å². The van der Waals surface area contributed by atoms with E-state index in [1.54, 1.807) is 18.0 Å². The maximum atomic E-state index is 4.29. The maximum Gasteiger partial charge on any atom is 0.170 e. The van der Waals surface area contributed by atoms with Gasteiger partial charge in [0.2, 0.25) is 0 Å². The lowest BCUT2D eigenvalue weighted by Crippen LogP contribution is -1.85. The maximum absolute atomic E-state index is 4.29. The smallest absolute Gasteiger partial charge is 0.170 e. The van der Waals surface area contributed by atoms with Gasteiger partial charge in [0.15, 0.2) is 4.34 Å². The molecule has 3 nitrogen and oxygen atoms in total. The van der Waals surface area contributed by atoms with E-state index >= 15 is 0 Å². The minimum absolute atomic E-state index is 0.835. The third-order valence-corrected chi connectivity index (χ3v) is 4.07. The minimum atomic E-state index is 0.835. The van der Waals surface area contributed by atoms with Crippen molar-refractivity contribution in [3.05, 3.63) is 34.3 Å². The Morgan fingerprint density at radius 2 is 2.33 bits per heavy atom. The van der Waals surface area contributed by atoms with Gasteiger partial charge in [-0.1, -0.05) is 11.8 Å². The quantitative estimate of drug-likeness (QED) is 0.816. The van der Waals surface area contributed by atoms with E-state index in [-0.39, 0.29) is 0 Å². The number of hydrogen-bond donors (Lipinski definition) is 0. The van der Waals surface area contributed by atoms with E-state index in [0.717, 1.165) is 26.1 Å². The first-order valence-electron chi connectivity index (χ1n) is 4.27. The highest BCUT2D eigenvalue weighted by atomic mass is 79.9. The van der Waals surface area contributed by atoms with Gasteiger partial charge >= 0.3 is 0 Å². The minimum Gasteiger partial charge on any atom is -0.259 e. The Bertz CT molecular complexity index is 441. The number of thioether (sulfide) groups is 1. The van der Waals surface area contributed by atoms with Crippen molar-refractivity contribution in [2.75, 3.05) is 0 Å². The van der Waals surface area contributed by atoms with E-state index in [9.17, 15) is 0 Å². The third-order valence-electron chi connectivity index (χ3n) is 1.64. The van der Waals surface area contributed by atoms with E-state index in [1.165, 1.54) is 11.5 Å². The highest BCUT2D eigenvalue weighted by molar-refractivity contribution is 9.10. The van der Waals surface area contributed by atoms with Crippen LogP contribution < -0.4 is 0 Å². The summed E-state index contributed by atoms with van der Waals surface area (Å²) in [4.78, 5) is 8.57. The summed E-state index contributed by atoms with van der Waals surface area (Å²) in [5.74, 6) is 1.67. The normalized spacial score (nSPS) is 10.5. The fourth-order valence-electron chi connectivity index (χ4n) is 0.964. The van der Waals surface area contributed by atoms with Gasteiger partial charge in [-0.25, -0.2) is 4.98 Å². The van der Waals surface area contributed by atoms with Crippen LogP contribution in [0.1, 0.15) is 11.5 Å². The van der Waals surface area contributed by atoms with E-state index in [2.05, 4.69) is 30.3 Å². The van der Waals surface area contributed by atoms with Gasteiger partial charge in [-0.3, -0.25) is 4.98 Å². The Morgan fingerprint density at radius 3 is 2.93 bits per heavy atom. The summed E-state index contributed by atoms with van der Waals surface area (Å²) in [5, 5.41) is 0. The van der Waals surface area contributed by atoms with Crippen LogP contribution in [0.4, 0.5) is 0 Å². The Hall–Kier alpha value is -0.460. The van der Waals surface area contributed by atoms with Crippen LogP contribution in [0.25, 0.3) is 0 Å². The second kappa shape index (κ2) is 5.05. The van der Waals surface area contributed by atoms with Crippen molar-refractivity contribution in [1.82, 2.24) is 14.3 Å². The van der Waals surface area contributed by atoms with Crippen molar-refractivity contribution in [3.8, 4) is 0 Å². The van der Waals surface area contributed by atoms with Crippen LogP contribution in [-0.4, -0.2) is 14.3 Å². The first kappa shape index (κ1) is 11.0. The summed E-state index contributed by atoms with van der Waals surface area (Å²) in [6, 6.07) is 4.00. The average molecular weight is 302 g/mol. The number of aromatic nitrogens is 3. The molecule has 0 saturated heterocycles. The van der Waals surface area contributed by atoms with Gasteiger partial charge in [-0.15, -0.1) is 0 Å². The zero-order valence-corrected chi connectivity index (χ0v) is 11.2. The lowest BCUT2D eigenvalue weighted by Gasteiger charge is -1.97. The zero-order valence-electron chi connectivity index (χ0n) is 7.98. The molecule has 0 amide bonds. The van der Waals surface area contributed by atoms with Gasteiger partial charge in [0.05, 0.1) is 5.69 Å². The standard InChI is InChI=1S/C9H8BrN3S2/c1-6-12-9(15-13-6)14-5-8-3-2-7(10)4-11-8/h2-4H,5H2,1H3. The summed E-state index contributed by atoms with van der Waals surface area (Å²) >= 11 is 6.46. The van der Waals surface area contributed by atoms with Gasteiger partial charge < -0.3 is 0 Å². The van der Waals surface area contributed by atoms with Crippen molar-refractivity contribution >= 4 is 39.2 Å². The van der Waals surface area contributed by atoms with Crippen LogP contribution in [0.2, 0.25) is 0 Å². The Balaban J connectivity index is 1.96. The molecule has 2 aromatic rings. The number of nitrogens with zero attached hydrogens (tertiary/aromatic N) is 3. The first-order valence-corrected chi connectivity index (χ1v) is 6.83.